The van der Waals surface area contributed by atoms with Crippen LogP contribution in [0.3, 0.4) is 0 Å². The van der Waals surface area contributed by atoms with Crippen LogP contribution in [-0.2, 0) is 0 Å². The molecule has 8 aliphatic rings. The van der Waals surface area contributed by atoms with E-state index >= 15 is 0 Å². The number of allylic oxidation sites excluding steroid dienone is 20. The van der Waals surface area contributed by atoms with Crippen molar-refractivity contribution >= 4 is 34.1 Å². The molecule has 6 nitrogen and oxygen atoms in total. The number of benzene rings is 1. The van der Waals surface area contributed by atoms with Crippen LogP contribution in [0.2, 0.25) is 0 Å². The lowest BCUT2D eigenvalue weighted by Gasteiger charge is -2.56. The van der Waals surface area contributed by atoms with E-state index in [2.05, 4.69) is 120 Å². The van der Waals surface area contributed by atoms with Crippen molar-refractivity contribution in [2.24, 2.45) is 17.3 Å². The SMILES string of the molecule is N#Cc1ccc(C2=CC(C3=CCCC(c4nc(C5=CCCC=C5)nc(C5=CC6SC7=CCCC=C7C(C7=CNCCC7)(C7CC=CNC7)C6C=C5)n4)=C3)=CCC2)cc1. The van der Waals surface area contributed by atoms with Crippen molar-refractivity contribution in [1.29, 1.82) is 5.26 Å². The molecule has 0 radical (unpaired) electrons. The summed E-state index contributed by atoms with van der Waals surface area (Å²) in [6, 6.07) is 10.2. The van der Waals surface area contributed by atoms with E-state index in [1.165, 1.54) is 33.6 Å². The molecule has 0 spiro atoms. The molecule has 5 aliphatic carbocycles. The minimum Gasteiger partial charge on any atom is -0.391 e. The van der Waals surface area contributed by atoms with Crippen molar-refractivity contribution in [3.63, 3.8) is 0 Å². The van der Waals surface area contributed by atoms with Crippen LogP contribution in [0.15, 0.2) is 143 Å². The van der Waals surface area contributed by atoms with Crippen LogP contribution in [0.5, 0.6) is 0 Å². The molecule has 0 amide bonds. The van der Waals surface area contributed by atoms with Crippen LogP contribution in [-0.4, -0.2) is 33.3 Å². The third-order valence-electron chi connectivity index (χ3n) is 13.1. The number of hydrogen-bond acceptors (Lipinski definition) is 7. The van der Waals surface area contributed by atoms with Gasteiger partial charge in [-0.1, -0.05) is 85.0 Å². The summed E-state index contributed by atoms with van der Waals surface area (Å²) in [6.07, 6.45) is 46.8. The summed E-state index contributed by atoms with van der Waals surface area (Å²) in [5.74, 6) is 3.07. The van der Waals surface area contributed by atoms with E-state index < -0.39 is 0 Å². The maximum atomic E-state index is 9.32. The smallest absolute Gasteiger partial charge is 0.163 e. The van der Waals surface area contributed by atoms with Crippen molar-refractivity contribution in [1.82, 2.24) is 25.6 Å². The first-order valence-corrected chi connectivity index (χ1v) is 22.3. The summed E-state index contributed by atoms with van der Waals surface area (Å²) < 4.78 is 0. The van der Waals surface area contributed by atoms with Gasteiger partial charge < -0.3 is 10.6 Å². The van der Waals surface area contributed by atoms with Crippen LogP contribution in [0, 0.1) is 28.6 Å². The number of nitriles is 1. The third-order valence-corrected chi connectivity index (χ3v) is 14.5. The van der Waals surface area contributed by atoms with E-state index in [-0.39, 0.29) is 10.7 Å². The summed E-state index contributed by atoms with van der Waals surface area (Å²) in [4.78, 5) is 17.3. The zero-order chi connectivity index (χ0) is 38.9. The number of nitrogens with one attached hydrogen (secondary N) is 2. The second-order valence-electron chi connectivity index (χ2n) is 16.6. The second kappa shape index (κ2) is 16.1. The summed E-state index contributed by atoms with van der Waals surface area (Å²) in [5, 5.41) is 16.9. The molecule has 4 atom stereocenters. The second-order valence-corrected chi connectivity index (χ2v) is 17.8. The van der Waals surface area contributed by atoms with E-state index in [1.54, 1.807) is 11.1 Å². The summed E-state index contributed by atoms with van der Waals surface area (Å²) >= 11 is 2.05. The molecule has 1 saturated heterocycles. The van der Waals surface area contributed by atoms with Gasteiger partial charge in [-0.25, -0.2) is 15.0 Å². The largest absolute Gasteiger partial charge is 0.391 e. The topological polar surface area (TPSA) is 86.5 Å². The molecule has 0 saturated carbocycles. The molecule has 0 bridgehead atoms. The van der Waals surface area contributed by atoms with Crippen LogP contribution >= 0.6 is 11.8 Å². The Labute approximate surface area is 347 Å². The molecule has 10 rings (SSSR count). The predicted molar refractivity (Wildman–Crippen MR) is 238 cm³/mol. The quantitative estimate of drug-likeness (QED) is 0.289. The lowest BCUT2D eigenvalue weighted by atomic mass is 9.53. The van der Waals surface area contributed by atoms with E-state index in [9.17, 15) is 5.26 Å². The molecular formula is C51H50N6S. The number of fused-ring (bicyclic) bond motifs is 2. The maximum Gasteiger partial charge on any atom is 0.163 e. The molecule has 7 heteroatoms. The molecule has 2 aromatic rings. The van der Waals surface area contributed by atoms with Crippen molar-refractivity contribution in [3.05, 3.63) is 171 Å². The van der Waals surface area contributed by atoms with Gasteiger partial charge in [0.2, 0.25) is 0 Å². The molecule has 4 heterocycles. The Kier molecular flexibility index (Phi) is 10.2. The lowest BCUT2D eigenvalue weighted by Crippen LogP contribution is -2.52. The average Bonchev–Trinajstić information content (AvgIpc) is 3.31. The minimum atomic E-state index is -0.0865. The first kappa shape index (κ1) is 36.9. The number of nitrogens with zero attached hydrogens (tertiary/aromatic N) is 4. The van der Waals surface area contributed by atoms with Crippen LogP contribution in [0.4, 0.5) is 0 Å². The molecule has 1 aromatic carbocycles. The highest BCUT2D eigenvalue weighted by atomic mass is 32.2. The molecule has 4 unspecified atom stereocenters. The molecule has 290 valence electrons. The summed E-state index contributed by atoms with van der Waals surface area (Å²) in [5.41, 5.74) is 12.0. The van der Waals surface area contributed by atoms with Crippen molar-refractivity contribution < 1.29 is 0 Å². The highest BCUT2D eigenvalue weighted by Gasteiger charge is 2.56. The van der Waals surface area contributed by atoms with Gasteiger partial charge >= 0.3 is 0 Å². The van der Waals surface area contributed by atoms with E-state index in [0.717, 1.165) is 111 Å². The number of aromatic nitrogens is 3. The van der Waals surface area contributed by atoms with Crippen LogP contribution in [0.1, 0.15) is 99.2 Å². The van der Waals surface area contributed by atoms with Gasteiger partial charge in [0.25, 0.3) is 0 Å². The maximum absolute atomic E-state index is 9.32. The lowest BCUT2D eigenvalue weighted by molar-refractivity contribution is 0.179. The highest BCUT2D eigenvalue weighted by Crippen LogP contribution is 2.64. The van der Waals surface area contributed by atoms with Gasteiger partial charge in [0.1, 0.15) is 0 Å². The third kappa shape index (κ3) is 6.86. The van der Waals surface area contributed by atoms with Crippen molar-refractivity contribution in [3.8, 4) is 6.07 Å². The Bertz CT molecular complexity index is 2440. The highest BCUT2D eigenvalue weighted by molar-refractivity contribution is 8.04. The molecule has 1 aromatic heterocycles. The number of hydrogen-bond donors (Lipinski definition) is 2. The Morgan fingerprint density at radius 2 is 1.48 bits per heavy atom. The number of thioether (sulfide) groups is 1. The van der Waals surface area contributed by atoms with Crippen molar-refractivity contribution in [2.75, 3.05) is 13.1 Å². The van der Waals surface area contributed by atoms with Crippen LogP contribution < -0.4 is 10.6 Å². The number of rotatable bonds is 7. The monoisotopic (exact) mass is 778 g/mol. The predicted octanol–water partition coefficient (Wildman–Crippen LogP) is 11.0. The van der Waals surface area contributed by atoms with E-state index in [4.69, 9.17) is 15.0 Å². The molecule has 1 fully saturated rings. The van der Waals surface area contributed by atoms with Crippen LogP contribution in [0.25, 0.3) is 22.3 Å². The normalized spacial score (nSPS) is 27.6. The Morgan fingerprint density at radius 1 is 0.724 bits per heavy atom. The zero-order valence-corrected chi connectivity index (χ0v) is 33.9. The first-order chi connectivity index (χ1) is 28.7. The average molecular weight is 779 g/mol. The Balaban J connectivity index is 1.03. The van der Waals surface area contributed by atoms with Gasteiger partial charge in [0.05, 0.1) is 11.6 Å². The minimum absolute atomic E-state index is 0.0865. The van der Waals surface area contributed by atoms with E-state index in [0.29, 0.717) is 17.4 Å². The fourth-order valence-corrected chi connectivity index (χ4v) is 11.9. The first-order valence-electron chi connectivity index (χ1n) is 21.4. The van der Waals surface area contributed by atoms with Gasteiger partial charge in [-0.05, 0) is 146 Å². The summed E-state index contributed by atoms with van der Waals surface area (Å²) in [7, 11) is 0. The van der Waals surface area contributed by atoms with Crippen molar-refractivity contribution in [2.45, 2.75) is 75.9 Å². The standard InChI is InChI=1S/C51H50N6S/c52-31-34-20-22-35(23-21-34)37-12-6-13-38(28-37)39-14-7-15-40(29-39)49-55-48(36-10-2-1-3-11-36)56-50(57-49)41-24-25-45-47(30-41)58-46-19-5-4-18-44(46)51(45,42-16-8-26-53-32-42)43-17-9-27-54-33-43/h2,8,10-11,13-14,18-26,28-30,33,42,45,47,53-54H,1,3-7,9,12,15-17,27,32H2. The van der Waals surface area contributed by atoms with Gasteiger partial charge in [-0.3, -0.25) is 0 Å². The van der Waals surface area contributed by atoms with Gasteiger partial charge in [-0.15, -0.1) is 11.8 Å². The molecular weight excluding hydrogens is 729 g/mol. The fraction of sp³-hybridized carbons (Fsp3) is 0.333. The molecule has 3 aliphatic heterocycles. The molecule has 58 heavy (non-hydrogen) atoms. The van der Waals surface area contributed by atoms with Gasteiger partial charge in [0, 0.05) is 45.7 Å². The van der Waals surface area contributed by atoms with Gasteiger partial charge in [-0.2, -0.15) is 5.26 Å². The summed E-state index contributed by atoms with van der Waals surface area (Å²) in [6.45, 7) is 2.03. The Morgan fingerprint density at radius 3 is 2.24 bits per heavy atom. The fourth-order valence-electron chi connectivity index (χ4n) is 10.4. The molecule has 2 N–H and O–H groups in total. The van der Waals surface area contributed by atoms with E-state index in [1.807, 2.05) is 23.9 Å². The van der Waals surface area contributed by atoms with Gasteiger partial charge in [0.15, 0.2) is 17.5 Å². The zero-order valence-electron chi connectivity index (χ0n) is 33.1. The Hall–Kier alpha value is -5.45.